The highest BCUT2D eigenvalue weighted by atomic mass is 16.4. The van der Waals surface area contributed by atoms with Crippen LogP contribution in [0.4, 0.5) is 5.82 Å². The number of aryl methyl sites for hydroxylation is 1. The van der Waals surface area contributed by atoms with Gasteiger partial charge in [0.1, 0.15) is 23.2 Å². The molecule has 20 heavy (non-hydrogen) atoms. The van der Waals surface area contributed by atoms with Gasteiger partial charge in [-0.25, -0.2) is 15.0 Å². The third-order valence-corrected chi connectivity index (χ3v) is 3.15. The number of anilines is 1. The summed E-state index contributed by atoms with van der Waals surface area (Å²) >= 11 is 0. The van der Waals surface area contributed by atoms with Crippen LogP contribution < -0.4 is 5.32 Å². The minimum absolute atomic E-state index is 0.253. The van der Waals surface area contributed by atoms with Gasteiger partial charge in [-0.1, -0.05) is 0 Å². The van der Waals surface area contributed by atoms with E-state index < -0.39 is 5.60 Å². The van der Waals surface area contributed by atoms with Gasteiger partial charge in [-0.05, 0) is 19.1 Å². The lowest BCUT2D eigenvalue weighted by Gasteiger charge is -2.21. The number of aliphatic hydroxyl groups is 1. The molecule has 1 atom stereocenters. The summed E-state index contributed by atoms with van der Waals surface area (Å²) in [7, 11) is 1.87. The molecule has 0 saturated heterocycles. The van der Waals surface area contributed by atoms with E-state index in [1.54, 1.807) is 25.4 Å². The number of nitrogens with one attached hydrogen (secondary N) is 1. The maximum atomic E-state index is 10.4. The summed E-state index contributed by atoms with van der Waals surface area (Å²) in [4.78, 5) is 12.6. The Morgan fingerprint density at radius 1 is 1.40 bits per heavy atom. The Morgan fingerprint density at radius 2 is 2.25 bits per heavy atom. The molecule has 2 N–H and O–H groups in total. The van der Waals surface area contributed by atoms with Crippen molar-refractivity contribution in [1.82, 2.24) is 19.5 Å². The third kappa shape index (κ3) is 2.12. The number of fused-ring (bicyclic) bond motifs is 1. The largest absolute Gasteiger partial charge is 0.466 e. The zero-order chi connectivity index (χ0) is 14.2. The molecule has 3 heterocycles. The molecule has 0 spiro atoms. The van der Waals surface area contributed by atoms with Gasteiger partial charge in [-0.15, -0.1) is 0 Å². The lowest BCUT2D eigenvalue weighted by molar-refractivity contribution is 0.0476. The molecule has 0 radical (unpaired) electrons. The Labute approximate surface area is 115 Å². The lowest BCUT2D eigenvalue weighted by atomic mass is 10.0. The number of hydrogen-bond donors (Lipinski definition) is 2. The van der Waals surface area contributed by atoms with E-state index in [2.05, 4.69) is 20.3 Å². The molecule has 0 aromatic carbocycles. The number of aromatic nitrogens is 4. The van der Waals surface area contributed by atoms with Gasteiger partial charge in [0.2, 0.25) is 0 Å². The second kappa shape index (κ2) is 4.61. The fourth-order valence-electron chi connectivity index (χ4n) is 2.00. The quantitative estimate of drug-likeness (QED) is 0.744. The van der Waals surface area contributed by atoms with Crippen LogP contribution in [0.2, 0.25) is 0 Å². The summed E-state index contributed by atoms with van der Waals surface area (Å²) in [6, 6.07) is 3.48. The second-order valence-corrected chi connectivity index (χ2v) is 4.85. The molecular formula is C13H15N5O2. The first kappa shape index (κ1) is 12.6. The van der Waals surface area contributed by atoms with Crippen molar-refractivity contribution in [3.63, 3.8) is 0 Å². The number of hydrogen-bond acceptors (Lipinski definition) is 6. The monoisotopic (exact) mass is 273 g/mol. The Bertz CT molecular complexity index is 718. The van der Waals surface area contributed by atoms with Gasteiger partial charge in [0.15, 0.2) is 11.5 Å². The highest BCUT2D eigenvalue weighted by Crippen LogP contribution is 2.23. The maximum Gasteiger partial charge on any atom is 0.165 e. The number of nitrogens with zero attached hydrogens (tertiary/aromatic N) is 4. The standard InChI is InChI=1S/C13H15N5O2/c1-13(19,9-4-3-5-20-9)6-14-11-10-12(16-7-15-11)18(2)8-17-10/h3-5,7-8,19H,6H2,1-2H3,(H,14,15,16). The van der Waals surface area contributed by atoms with Gasteiger partial charge < -0.3 is 19.4 Å². The predicted octanol–water partition coefficient (Wildman–Crippen LogP) is 1.28. The van der Waals surface area contributed by atoms with Crippen molar-refractivity contribution in [1.29, 1.82) is 0 Å². The van der Waals surface area contributed by atoms with Gasteiger partial charge in [0.05, 0.1) is 19.1 Å². The normalized spacial score (nSPS) is 14.3. The molecule has 1 unspecified atom stereocenters. The SMILES string of the molecule is Cn1cnc2c(NCC(C)(O)c3ccco3)ncnc21. The summed E-state index contributed by atoms with van der Waals surface area (Å²) in [5.74, 6) is 1.08. The molecule has 0 saturated carbocycles. The van der Waals surface area contributed by atoms with Crippen LogP contribution in [0.5, 0.6) is 0 Å². The highest BCUT2D eigenvalue weighted by Gasteiger charge is 2.26. The molecule has 7 nitrogen and oxygen atoms in total. The van der Waals surface area contributed by atoms with Crippen LogP contribution in [0.25, 0.3) is 11.2 Å². The van der Waals surface area contributed by atoms with Crippen molar-refractivity contribution in [2.24, 2.45) is 7.05 Å². The van der Waals surface area contributed by atoms with Crippen LogP contribution in [-0.4, -0.2) is 31.2 Å². The van der Waals surface area contributed by atoms with Crippen LogP contribution in [0.3, 0.4) is 0 Å². The van der Waals surface area contributed by atoms with Crippen molar-refractivity contribution >= 4 is 17.0 Å². The zero-order valence-corrected chi connectivity index (χ0v) is 11.2. The predicted molar refractivity (Wildman–Crippen MR) is 73.1 cm³/mol. The summed E-state index contributed by atoms with van der Waals surface area (Å²) < 4.78 is 7.05. The molecule has 0 amide bonds. The van der Waals surface area contributed by atoms with Crippen molar-refractivity contribution in [3.05, 3.63) is 36.8 Å². The van der Waals surface area contributed by atoms with E-state index in [-0.39, 0.29) is 6.54 Å². The topological polar surface area (TPSA) is 89.0 Å². The molecule has 0 aliphatic rings. The molecule has 104 valence electrons. The Morgan fingerprint density at radius 3 is 3.00 bits per heavy atom. The first-order chi connectivity index (χ1) is 9.58. The van der Waals surface area contributed by atoms with Gasteiger partial charge in [0.25, 0.3) is 0 Å². The summed E-state index contributed by atoms with van der Waals surface area (Å²) in [6.45, 7) is 1.93. The molecular weight excluding hydrogens is 258 g/mol. The molecule has 0 aliphatic carbocycles. The van der Waals surface area contributed by atoms with Crippen molar-refractivity contribution in [3.8, 4) is 0 Å². The summed E-state index contributed by atoms with van der Waals surface area (Å²) in [5.41, 5.74) is 0.278. The van der Waals surface area contributed by atoms with Crippen molar-refractivity contribution in [2.75, 3.05) is 11.9 Å². The smallest absolute Gasteiger partial charge is 0.165 e. The average Bonchev–Trinajstić information content (AvgIpc) is 3.07. The Hall–Kier alpha value is -2.41. The first-order valence-electron chi connectivity index (χ1n) is 6.20. The molecule has 7 heteroatoms. The van der Waals surface area contributed by atoms with Crippen molar-refractivity contribution < 1.29 is 9.52 Å². The van der Waals surface area contributed by atoms with Gasteiger partial charge in [-0.2, -0.15) is 0 Å². The molecule has 0 fully saturated rings. The third-order valence-electron chi connectivity index (χ3n) is 3.15. The Kier molecular flexibility index (Phi) is 2.90. The van der Waals surface area contributed by atoms with E-state index in [1.165, 1.54) is 12.6 Å². The number of furan rings is 1. The van der Waals surface area contributed by atoms with E-state index >= 15 is 0 Å². The summed E-state index contributed by atoms with van der Waals surface area (Å²) in [6.07, 6.45) is 4.68. The van der Waals surface area contributed by atoms with E-state index in [1.807, 2.05) is 11.6 Å². The minimum Gasteiger partial charge on any atom is -0.466 e. The average molecular weight is 273 g/mol. The van der Waals surface area contributed by atoms with Crippen molar-refractivity contribution in [2.45, 2.75) is 12.5 Å². The van der Waals surface area contributed by atoms with Crippen LogP contribution in [-0.2, 0) is 12.6 Å². The molecule has 3 rings (SSSR count). The highest BCUT2D eigenvalue weighted by molar-refractivity contribution is 5.82. The van der Waals surface area contributed by atoms with Crippen LogP contribution >= 0.6 is 0 Å². The fraction of sp³-hybridized carbons (Fsp3) is 0.308. The van der Waals surface area contributed by atoms with Gasteiger partial charge in [-0.3, -0.25) is 0 Å². The van der Waals surface area contributed by atoms with Crippen LogP contribution in [0.1, 0.15) is 12.7 Å². The zero-order valence-electron chi connectivity index (χ0n) is 11.2. The molecule has 3 aromatic rings. The first-order valence-corrected chi connectivity index (χ1v) is 6.20. The van der Waals surface area contributed by atoms with E-state index in [0.29, 0.717) is 17.1 Å². The Balaban J connectivity index is 1.84. The number of rotatable bonds is 4. The maximum absolute atomic E-state index is 10.4. The van der Waals surface area contributed by atoms with E-state index in [4.69, 9.17) is 4.42 Å². The minimum atomic E-state index is -1.13. The van der Waals surface area contributed by atoms with E-state index in [0.717, 1.165) is 5.65 Å². The van der Waals surface area contributed by atoms with Gasteiger partial charge in [0, 0.05) is 7.05 Å². The summed E-state index contributed by atoms with van der Waals surface area (Å²) in [5, 5.41) is 13.5. The lowest BCUT2D eigenvalue weighted by Crippen LogP contribution is -2.30. The molecule has 3 aromatic heterocycles. The van der Waals surface area contributed by atoms with E-state index in [9.17, 15) is 5.11 Å². The van der Waals surface area contributed by atoms with Gasteiger partial charge >= 0.3 is 0 Å². The van der Waals surface area contributed by atoms with Crippen LogP contribution in [0, 0.1) is 0 Å². The van der Waals surface area contributed by atoms with Crippen LogP contribution in [0.15, 0.2) is 35.5 Å². The second-order valence-electron chi connectivity index (χ2n) is 4.85. The molecule has 0 bridgehead atoms. The number of imidazole rings is 1. The fourth-order valence-corrected chi connectivity index (χ4v) is 2.00. The molecule has 0 aliphatic heterocycles.